The minimum Gasteiger partial charge on any atom is -0.497 e. The van der Waals surface area contributed by atoms with E-state index in [1.54, 1.807) is 19.1 Å². The number of ether oxygens (including phenoxy) is 3. The highest BCUT2D eigenvalue weighted by atomic mass is 127. The Labute approximate surface area is 271 Å². The molecule has 6 nitrogen and oxygen atoms in total. The smallest absolute Gasteiger partial charge is 0.267 e. The zero-order chi connectivity index (χ0) is 28.8. The molecule has 1 saturated heterocycles. The summed E-state index contributed by atoms with van der Waals surface area (Å²) >= 11 is 5.90. The Kier molecular flexibility index (Phi) is 9.88. The summed E-state index contributed by atoms with van der Waals surface area (Å²) in [6.45, 7) is 0.822. The molecule has 0 radical (unpaired) electrons. The number of aliphatic imine (C=N–C) groups is 1. The Balaban J connectivity index is 1.42. The van der Waals surface area contributed by atoms with Gasteiger partial charge in [0, 0.05) is 3.57 Å². The highest BCUT2D eigenvalue weighted by Crippen LogP contribution is 2.39. The normalized spacial score (nSPS) is 15.0. The van der Waals surface area contributed by atoms with Crippen molar-refractivity contribution >= 4 is 79.8 Å². The van der Waals surface area contributed by atoms with Gasteiger partial charge >= 0.3 is 0 Å². The summed E-state index contributed by atoms with van der Waals surface area (Å²) in [7, 11) is 3.26. The standard InChI is InChI=1S/C32H26I2N2O4S/c1-38-26-14-10-21(11-15-26)19-36-31(37)29(41-32(36)35-25-6-4-3-5-7-25)18-23-16-27(34)30(28(17-23)39-2)40-20-22-8-12-24(33)13-9-22/h3-18H,19-20H2,1-2H3/b29-18-,35-32?. The molecule has 0 aromatic heterocycles. The Morgan fingerprint density at radius 2 is 1.59 bits per heavy atom. The van der Waals surface area contributed by atoms with Gasteiger partial charge < -0.3 is 14.2 Å². The molecule has 5 rings (SSSR count). The maximum atomic E-state index is 13.7. The average Bonchev–Trinajstić information content (AvgIpc) is 3.26. The Hall–Kier alpha value is -3.03. The number of thioether (sulfide) groups is 1. The number of hydrogen-bond donors (Lipinski definition) is 0. The molecule has 1 amide bonds. The highest BCUT2D eigenvalue weighted by Gasteiger charge is 2.33. The Bertz CT molecular complexity index is 1590. The van der Waals surface area contributed by atoms with Gasteiger partial charge in [0.25, 0.3) is 5.91 Å². The second-order valence-electron chi connectivity index (χ2n) is 9.03. The molecule has 9 heteroatoms. The van der Waals surface area contributed by atoms with Crippen LogP contribution in [-0.4, -0.2) is 30.2 Å². The van der Waals surface area contributed by atoms with Crippen molar-refractivity contribution in [1.82, 2.24) is 4.90 Å². The van der Waals surface area contributed by atoms with Crippen molar-refractivity contribution in [3.63, 3.8) is 0 Å². The minimum atomic E-state index is -0.103. The second kappa shape index (κ2) is 13.8. The molecule has 4 aromatic carbocycles. The van der Waals surface area contributed by atoms with Gasteiger partial charge in [0.05, 0.1) is 34.9 Å². The van der Waals surface area contributed by atoms with Gasteiger partial charge in [-0.1, -0.05) is 42.5 Å². The number of benzene rings is 4. The lowest BCUT2D eigenvalue weighted by atomic mass is 10.1. The van der Waals surface area contributed by atoms with Crippen LogP contribution in [0.15, 0.2) is 101 Å². The summed E-state index contributed by atoms with van der Waals surface area (Å²) in [4.78, 5) is 20.8. The van der Waals surface area contributed by atoms with E-state index in [2.05, 4.69) is 69.4 Å². The SMILES string of the molecule is COc1ccc(CN2C(=O)/C(=C/c3cc(I)c(OCc4ccc(I)cc4)c(OC)c3)SC2=Nc2ccccc2)cc1. The van der Waals surface area contributed by atoms with Crippen LogP contribution < -0.4 is 14.2 Å². The van der Waals surface area contributed by atoms with Gasteiger partial charge in [-0.05, 0) is 128 Å². The van der Waals surface area contributed by atoms with Gasteiger partial charge in [-0.3, -0.25) is 9.69 Å². The second-order valence-corrected chi connectivity index (χ2v) is 12.4. The predicted octanol–water partition coefficient (Wildman–Crippen LogP) is 8.30. The maximum absolute atomic E-state index is 13.7. The molecule has 1 aliphatic rings. The van der Waals surface area contributed by atoms with Crippen LogP contribution in [0.1, 0.15) is 16.7 Å². The molecule has 0 unspecified atom stereocenters. The van der Waals surface area contributed by atoms with Gasteiger partial charge in [0.2, 0.25) is 0 Å². The molecule has 0 N–H and O–H groups in total. The Morgan fingerprint density at radius 1 is 0.878 bits per heavy atom. The molecule has 0 bridgehead atoms. The molecular formula is C32H26I2N2O4S. The van der Waals surface area contributed by atoms with Crippen molar-refractivity contribution in [2.45, 2.75) is 13.2 Å². The van der Waals surface area contributed by atoms with Crippen molar-refractivity contribution in [1.29, 1.82) is 0 Å². The molecule has 4 aromatic rings. The molecular weight excluding hydrogens is 762 g/mol. The lowest BCUT2D eigenvalue weighted by molar-refractivity contribution is -0.122. The summed E-state index contributed by atoms with van der Waals surface area (Å²) in [5.74, 6) is 1.95. The molecule has 1 heterocycles. The van der Waals surface area contributed by atoms with Gasteiger partial charge in [-0.25, -0.2) is 4.99 Å². The van der Waals surface area contributed by atoms with Crippen LogP contribution in [0.25, 0.3) is 6.08 Å². The fourth-order valence-corrected chi connectivity index (χ4v) is 6.25. The molecule has 41 heavy (non-hydrogen) atoms. The maximum Gasteiger partial charge on any atom is 0.267 e. The number of amidine groups is 1. The van der Waals surface area contributed by atoms with Crippen LogP contribution in [0.5, 0.6) is 17.2 Å². The molecule has 1 fully saturated rings. The summed E-state index contributed by atoms with van der Waals surface area (Å²) < 4.78 is 19.2. The van der Waals surface area contributed by atoms with Crippen LogP contribution in [-0.2, 0) is 17.9 Å². The van der Waals surface area contributed by atoms with Crippen LogP contribution in [0.2, 0.25) is 0 Å². The number of carbonyl (C=O) groups is 1. The average molecular weight is 788 g/mol. The first-order valence-electron chi connectivity index (χ1n) is 12.7. The summed E-state index contributed by atoms with van der Waals surface area (Å²) in [5.41, 5.74) is 3.68. The summed E-state index contributed by atoms with van der Waals surface area (Å²) in [6, 6.07) is 29.5. The number of hydrogen-bond acceptors (Lipinski definition) is 6. The lowest BCUT2D eigenvalue weighted by Gasteiger charge is -2.16. The van der Waals surface area contributed by atoms with Crippen molar-refractivity contribution in [3.8, 4) is 17.2 Å². The number of nitrogens with zero attached hydrogens (tertiary/aromatic N) is 2. The largest absolute Gasteiger partial charge is 0.497 e. The zero-order valence-corrected chi connectivity index (χ0v) is 27.5. The topological polar surface area (TPSA) is 60.4 Å². The number of amides is 1. The van der Waals surface area contributed by atoms with Crippen LogP contribution >= 0.6 is 56.9 Å². The third-order valence-electron chi connectivity index (χ3n) is 6.21. The monoisotopic (exact) mass is 788 g/mol. The van der Waals surface area contributed by atoms with Gasteiger partial charge in [-0.2, -0.15) is 0 Å². The highest BCUT2D eigenvalue weighted by molar-refractivity contribution is 14.1. The van der Waals surface area contributed by atoms with E-state index in [-0.39, 0.29) is 5.91 Å². The molecule has 0 atom stereocenters. The fourth-order valence-electron chi connectivity index (χ4n) is 4.11. The zero-order valence-electron chi connectivity index (χ0n) is 22.3. The van der Waals surface area contributed by atoms with E-state index in [1.807, 2.05) is 72.8 Å². The molecule has 0 saturated carbocycles. The van der Waals surface area contributed by atoms with Crippen molar-refractivity contribution in [2.75, 3.05) is 14.2 Å². The van der Waals surface area contributed by atoms with E-state index in [0.717, 1.165) is 31.7 Å². The predicted molar refractivity (Wildman–Crippen MR) is 182 cm³/mol. The summed E-state index contributed by atoms with van der Waals surface area (Å²) in [5, 5.41) is 0.627. The van der Waals surface area contributed by atoms with E-state index < -0.39 is 0 Å². The van der Waals surface area contributed by atoms with Crippen molar-refractivity contribution < 1.29 is 19.0 Å². The molecule has 1 aliphatic heterocycles. The van der Waals surface area contributed by atoms with Crippen LogP contribution in [0, 0.1) is 7.14 Å². The Morgan fingerprint density at radius 3 is 2.27 bits per heavy atom. The third-order valence-corrected chi connectivity index (χ3v) is 8.74. The molecule has 208 valence electrons. The van der Waals surface area contributed by atoms with Crippen molar-refractivity contribution in [2.24, 2.45) is 4.99 Å². The van der Waals surface area contributed by atoms with E-state index in [4.69, 9.17) is 19.2 Å². The van der Waals surface area contributed by atoms with Crippen molar-refractivity contribution in [3.05, 3.63) is 120 Å². The van der Waals surface area contributed by atoms with E-state index in [0.29, 0.717) is 34.7 Å². The van der Waals surface area contributed by atoms with Gasteiger partial charge in [-0.15, -0.1) is 0 Å². The number of rotatable bonds is 9. The number of para-hydroxylation sites is 1. The third kappa shape index (κ3) is 7.44. The van der Waals surface area contributed by atoms with Gasteiger partial charge in [0.1, 0.15) is 12.4 Å². The van der Waals surface area contributed by atoms with E-state index in [9.17, 15) is 4.79 Å². The van der Waals surface area contributed by atoms with E-state index in [1.165, 1.54) is 15.3 Å². The number of methoxy groups -OCH3 is 2. The number of halogens is 2. The van der Waals surface area contributed by atoms with Crippen LogP contribution in [0.3, 0.4) is 0 Å². The van der Waals surface area contributed by atoms with Crippen LogP contribution in [0.4, 0.5) is 5.69 Å². The molecule has 0 aliphatic carbocycles. The number of carbonyl (C=O) groups excluding carboxylic acids is 1. The lowest BCUT2D eigenvalue weighted by Crippen LogP contribution is -2.28. The minimum absolute atomic E-state index is 0.103. The fraction of sp³-hybridized carbons (Fsp3) is 0.125. The summed E-state index contributed by atoms with van der Waals surface area (Å²) in [6.07, 6.45) is 1.88. The van der Waals surface area contributed by atoms with E-state index >= 15 is 0 Å². The first-order chi connectivity index (χ1) is 19.9. The first kappa shape index (κ1) is 29.5. The first-order valence-corrected chi connectivity index (χ1v) is 15.6. The van der Waals surface area contributed by atoms with Gasteiger partial charge in [0.15, 0.2) is 16.7 Å². The molecule has 0 spiro atoms. The quantitative estimate of drug-likeness (QED) is 0.126.